The van der Waals surface area contributed by atoms with Gasteiger partial charge in [-0.1, -0.05) is 18.2 Å². The zero-order valence-corrected chi connectivity index (χ0v) is 29.7. The zero-order valence-electron chi connectivity index (χ0n) is 29.7. The highest BCUT2D eigenvalue weighted by Crippen LogP contribution is 2.06. The Morgan fingerprint density at radius 2 is 0.776 bits per heavy atom. The fraction of sp³-hybridized carbons (Fsp3) is 0.765. The molecule has 0 radical (unpaired) electrons. The minimum atomic E-state index is -0.515. The van der Waals surface area contributed by atoms with E-state index >= 15 is 0 Å². The van der Waals surface area contributed by atoms with Crippen molar-refractivity contribution in [1.29, 1.82) is 0 Å². The maximum absolute atomic E-state index is 11.8. The molecule has 0 aromatic heterocycles. The first kappa shape index (κ1) is 44.6. The monoisotopic (exact) mass is 705 g/mol. The lowest BCUT2D eigenvalue weighted by Crippen LogP contribution is -2.34. The molecule has 0 heterocycles. The van der Waals surface area contributed by atoms with Crippen molar-refractivity contribution >= 4 is 12.1 Å². The number of hydrogen-bond acceptors (Lipinski definition) is 14. The second-order valence-corrected chi connectivity index (χ2v) is 11.1. The van der Waals surface area contributed by atoms with E-state index < -0.39 is 11.7 Å². The number of ether oxygens (including phenoxy) is 12. The number of benzene rings is 1. The van der Waals surface area contributed by atoms with Gasteiger partial charge in [0.05, 0.1) is 138 Å². The van der Waals surface area contributed by atoms with Crippen LogP contribution >= 0.6 is 0 Å². The molecule has 1 aromatic rings. The smallest absolute Gasteiger partial charge is 0.407 e. The van der Waals surface area contributed by atoms with E-state index in [1.807, 2.05) is 26.8 Å². The van der Waals surface area contributed by atoms with Crippen LogP contribution in [0.25, 0.3) is 0 Å². The van der Waals surface area contributed by atoms with E-state index in [0.717, 1.165) is 0 Å². The molecule has 0 unspecified atom stereocenters. The Bertz CT molecular complexity index is 887. The van der Waals surface area contributed by atoms with Crippen molar-refractivity contribution in [2.75, 3.05) is 145 Å². The topological polar surface area (TPSA) is 157 Å². The number of carbonyl (C=O) groups excluding carboxylic acids is 2. The Morgan fingerprint density at radius 3 is 1.10 bits per heavy atom. The fourth-order valence-corrected chi connectivity index (χ4v) is 3.47. The summed E-state index contributed by atoms with van der Waals surface area (Å²) in [4.78, 5) is 23.3. The van der Waals surface area contributed by atoms with Crippen LogP contribution in [0.1, 0.15) is 31.1 Å². The van der Waals surface area contributed by atoms with Gasteiger partial charge in [0.2, 0.25) is 0 Å². The molecule has 0 atom stereocenters. The Kier molecular flexibility index (Phi) is 29.8. The third-order valence-corrected chi connectivity index (χ3v) is 5.73. The highest BCUT2D eigenvalue weighted by atomic mass is 16.6. The molecule has 1 rings (SSSR count). The summed E-state index contributed by atoms with van der Waals surface area (Å²) in [5.74, 6) is -0.360. The van der Waals surface area contributed by atoms with E-state index in [1.165, 1.54) is 0 Å². The number of amides is 1. The lowest BCUT2D eigenvalue weighted by Gasteiger charge is -2.19. The van der Waals surface area contributed by atoms with E-state index in [4.69, 9.17) is 56.8 Å². The number of hydrogen-bond donors (Lipinski definition) is 1. The van der Waals surface area contributed by atoms with Crippen molar-refractivity contribution in [2.45, 2.75) is 26.4 Å². The van der Waals surface area contributed by atoms with Crippen LogP contribution in [0.5, 0.6) is 0 Å². The largest absolute Gasteiger partial charge is 0.460 e. The average molecular weight is 706 g/mol. The molecule has 0 bridgehead atoms. The fourth-order valence-electron chi connectivity index (χ4n) is 3.47. The van der Waals surface area contributed by atoms with Gasteiger partial charge in [-0.3, -0.25) is 0 Å². The Morgan fingerprint density at radius 1 is 0.469 bits per heavy atom. The molecular weight excluding hydrogens is 646 g/mol. The molecule has 284 valence electrons. The summed E-state index contributed by atoms with van der Waals surface area (Å²) in [7, 11) is 0. The molecule has 1 amide bonds. The van der Waals surface area contributed by atoms with Crippen LogP contribution in [0, 0.1) is 0 Å². The molecule has 0 saturated carbocycles. The van der Waals surface area contributed by atoms with E-state index in [9.17, 15) is 9.59 Å². The van der Waals surface area contributed by atoms with Crippen molar-refractivity contribution in [3.05, 3.63) is 35.9 Å². The summed E-state index contributed by atoms with van der Waals surface area (Å²) in [6, 6.07) is 8.84. The number of nitrogens with one attached hydrogen (secondary N) is 1. The zero-order chi connectivity index (χ0) is 35.5. The van der Waals surface area contributed by atoms with Gasteiger partial charge in [0.1, 0.15) is 12.2 Å². The maximum Gasteiger partial charge on any atom is 0.407 e. The average Bonchev–Trinajstić information content (AvgIpc) is 3.08. The minimum Gasteiger partial charge on any atom is -0.460 e. The Hall–Kier alpha value is -2.44. The molecule has 0 fully saturated rings. The quantitative estimate of drug-likeness (QED) is 0.0824. The van der Waals surface area contributed by atoms with Crippen LogP contribution in [-0.2, 0) is 56.8 Å². The molecule has 15 nitrogen and oxygen atoms in total. The maximum atomic E-state index is 11.8. The number of esters is 1. The van der Waals surface area contributed by atoms with Crippen LogP contribution in [0.2, 0.25) is 0 Å². The number of alkyl carbamates (subject to hydrolysis) is 1. The predicted molar refractivity (Wildman–Crippen MR) is 179 cm³/mol. The van der Waals surface area contributed by atoms with Crippen LogP contribution in [0.15, 0.2) is 30.3 Å². The van der Waals surface area contributed by atoms with Crippen molar-refractivity contribution < 1.29 is 66.4 Å². The first-order valence-corrected chi connectivity index (χ1v) is 16.8. The number of rotatable bonds is 34. The third kappa shape index (κ3) is 32.5. The van der Waals surface area contributed by atoms with Crippen LogP contribution in [-0.4, -0.2) is 163 Å². The van der Waals surface area contributed by atoms with Gasteiger partial charge in [-0.05, 0) is 32.9 Å². The summed E-state index contributed by atoms with van der Waals surface area (Å²) >= 11 is 0. The van der Waals surface area contributed by atoms with Gasteiger partial charge in [0.25, 0.3) is 0 Å². The summed E-state index contributed by atoms with van der Waals surface area (Å²) in [6.45, 7) is 15.1. The molecule has 49 heavy (non-hydrogen) atoms. The summed E-state index contributed by atoms with van der Waals surface area (Å²) < 4.78 is 64.7. The van der Waals surface area contributed by atoms with Crippen molar-refractivity contribution in [3.8, 4) is 0 Å². The van der Waals surface area contributed by atoms with Crippen molar-refractivity contribution in [2.24, 2.45) is 0 Å². The summed E-state index contributed by atoms with van der Waals surface area (Å²) in [5, 5.41) is 2.63. The normalized spacial score (nSPS) is 11.5. The van der Waals surface area contributed by atoms with E-state index in [2.05, 4.69) is 5.32 Å². The van der Waals surface area contributed by atoms with E-state index in [0.29, 0.717) is 144 Å². The van der Waals surface area contributed by atoms with Gasteiger partial charge in [-0.15, -0.1) is 0 Å². The number of carbonyl (C=O) groups is 2. The molecular formula is C34H59NO14. The minimum absolute atomic E-state index is 0.197. The Balaban J connectivity index is 1.65. The van der Waals surface area contributed by atoms with Gasteiger partial charge >= 0.3 is 12.1 Å². The molecule has 0 saturated heterocycles. The van der Waals surface area contributed by atoms with Gasteiger partial charge in [0.15, 0.2) is 0 Å². The van der Waals surface area contributed by atoms with Gasteiger partial charge in [-0.2, -0.15) is 0 Å². The third-order valence-electron chi connectivity index (χ3n) is 5.73. The summed E-state index contributed by atoms with van der Waals surface area (Å²) in [5.41, 5.74) is 0.00622. The molecule has 0 spiro atoms. The standard InChI is InChI=1S/C34H59NO14/c1-34(2,3)49-33(37)35-9-10-38-11-12-39-13-14-40-15-16-41-17-18-42-19-20-43-21-22-44-23-24-45-25-26-46-27-28-47-29-30-48-32(36)31-7-5-4-6-8-31/h4-8H,9-30H2,1-3H3,(H,35,37). The predicted octanol–water partition coefficient (Wildman–Crippen LogP) is 2.53. The lowest BCUT2D eigenvalue weighted by molar-refractivity contribution is -0.0271. The van der Waals surface area contributed by atoms with Crippen LogP contribution < -0.4 is 5.32 Å². The molecule has 0 aliphatic rings. The molecule has 0 aliphatic heterocycles. The molecule has 15 heteroatoms. The first-order valence-electron chi connectivity index (χ1n) is 16.8. The SMILES string of the molecule is CC(C)(C)OC(=O)NCCOCCOCCOCCOCCOCCOCCOCCOCCOCCOCCOC(=O)c1ccccc1. The van der Waals surface area contributed by atoms with Crippen molar-refractivity contribution in [3.63, 3.8) is 0 Å². The van der Waals surface area contributed by atoms with E-state index in [1.54, 1.807) is 24.3 Å². The van der Waals surface area contributed by atoms with E-state index in [-0.39, 0.29) is 12.6 Å². The van der Waals surface area contributed by atoms with Crippen molar-refractivity contribution in [1.82, 2.24) is 5.32 Å². The molecule has 0 aliphatic carbocycles. The first-order chi connectivity index (χ1) is 23.9. The highest BCUT2D eigenvalue weighted by molar-refractivity contribution is 5.89. The molecule has 1 N–H and O–H groups in total. The lowest BCUT2D eigenvalue weighted by atomic mass is 10.2. The summed E-state index contributed by atoms with van der Waals surface area (Å²) in [6.07, 6.45) is -0.456. The van der Waals surface area contributed by atoms with Gasteiger partial charge in [0, 0.05) is 6.54 Å². The van der Waals surface area contributed by atoms with Crippen LogP contribution in [0.3, 0.4) is 0 Å². The second kappa shape index (κ2) is 32.7. The highest BCUT2D eigenvalue weighted by Gasteiger charge is 2.15. The van der Waals surface area contributed by atoms with Gasteiger partial charge in [-0.25, -0.2) is 9.59 Å². The van der Waals surface area contributed by atoms with Gasteiger partial charge < -0.3 is 62.2 Å². The molecule has 1 aromatic carbocycles. The second-order valence-electron chi connectivity index (χ2n) is 11.1. The Labute approximate surface area is 291 Å². The van der Waals surface area contributed by atoms with Crippen LogP contribution in [0.4, 0.5) is 4.79 Å².